The molecule has 45 heavy (non-hydrogen) atoms. The van der Waals surface area contributed by atoms with Gasteiger partial charge < -0.3 is 24.9 Å². The fourth-order valence-corrected chi connectivity index (χ4v) is 8.88. The molecule has 3 aliphatic rings. The van der Waals surface area contributed by atoms with Crippen LogP contribution < -0.4 is 5.32 Å². The van der Waals surface area contributed by atoms with E-state index < -0.39 is 19.6 Å². The number of hydrogen-bond acceptors (Lipinski definition) is 6. The summed E-state index contributed by atoms with van der Waals surface area (Å²) in [6.45, 7) is 0.975. The third-order valence-corrected chi connectivity index (χ3v) is 11.4. The van der Waals surface area contributed by atoms with E-state index in [4.69, 9.17) is 0 Å². The summed E-state index contributed by atoms with van der Waals surface area (Å²) < 4.78 is 12.2. The van der Waals surface area contributed by atoms with Crippen LogP contribution in [0.3, 0.4) is 0 Å². The van der Waals surface area contributed by atoms with Gasteiger partial charge in [-0.3, -0.25) is 18.9 Å². The molecule has 3 saturated heterocycles. The Labute approximate surface area is 266 Å². The van der Waals surface area contributed by atoms with E-state index >= 15 is 0 Å². The van der Waals surface area contributed by atoms with Crippen LogP contribution in [0.15, 0.2) is 54.6 Å². The van der Waals surface area contributed by atoms with Gasteiger partial charge in [-0.25, -0.2) is 0 Å². The van der Waals surface area contributed by atoms with E-state index in [1.54, 1.807) is 34.1 Å². The summed E-state index contributed by atoms with van der Waals surface area (Å²) in [6.07, 6.45) is 4.30. The van der Waals surface area contributed by atoms with Gasteiger partial charge >= 0.3 is 7.60 Å². The number of carbonyl (C=O) groups excluding carboxylic acids is 3. The molecule has 0 aliphatic carbocycles. The number of nitrogens with one attached hydrogen (secondary N) is 1. The van der Waals surface area contributed by atoms with Crippen molar-refractivity contribution in [3.63, 3.8) is 0 Å². The molecular weight excluding hydrogens is 611 g/mol. The standard InChI is InChI=1S/C33H37N4O6PS/c34-16-25-18-36(19-27(25)22-6-2-1-3-7-22)33(40)28-12-11-26-9-5-4-8-23(32(39)37(26)28)17-35-31(38)30-15-24-14-21(20-44(41,42)43)10-13-29(24)45-30/h1-3,6-7,10,13-15,23,25-28H,4-5,8-9,11-12,17-20H2,(H,35,38)(H2,41,42,43)/t23?,25-,26+,27+,28+/m1/s1. The summed E-state index contributed by atoms with van der Waals surface area (Å²) in [4.78, 5) is 63.8. The van der Waals surface area contributed by atoms with Gasteiger partial charge in [-0.2, -0.15) is 5.26 Å². The van der Waals surface area contributed by atoms with Crippen molar-refractivity contribution in [1.29, 1.82) is 5.26 Å². The Balaban J connectivity index is 1.13. The lowest BCUT2D eigenvalue weighted by atomic mass is 9.90. The number of likely N-dealkylation sites (tertiary alicyclic amines) is 1. The van der Waals surface area contributed by atoms with Gasteiger partial charge in [0.1, 0.15) is 6.04 Å². The lowest BCUT2D eigenvalue weighted by Crippen LogP contribution is -2.53. The molecule has 3 N–H and O–H groups in total. The highest BCUT2D eigenvalue weighted by Gasteiger charge is 2.47. The first-order chi connectivity index (χ1) is 21.6. The van der Waals surface area contributed by atoms with Gasteiger partial charge in [0.05, 0.1) is 28.9 Å². The van der Waals surface area contributed by atoms with Crippen LogP contribution in [0.5, 0.6) is 0 Å². The largest absolute Gasteiger partial charge is 0.351 e. The van der Waals surface area contributed by atoms with Crippen LogP contribution in [0.25, 0.3) is 10.1 Å². The molecule has 10 nitrogen and oxygen atoms in total. The first-order valence-electron chi connectivity index (χ1n) is 15.5. The van der Waals surface area contributed by atoms with Crippen LogP contribution >= 0.6 is 18.9 Å². The predicted octanol–water partition coefficient (Wildman–Crippen LogP) is 4.62. The van der Waals surface area contributed by atoms with Gasteiger partial charge in [0, 0.05) is 36.3 Å². The highest BCUT2D eigenvalue weighted by atomic mass is 32.1. The molecule has 0 spiro atoms. The Morgan fingerprint density at radius 2 is 1.80 bits per heavy atom. The molecule has 4 heterocycles. The molecule has 1 aromatic heterocycles. The van der Waals surface area contributed by atoms with Gasteiger partial charge in [-0.15, -0.1) is 11.3 Å². The van der Waals surface area contributed by atoms with Gasteiger partial charge in [0.25, 0.3) is 5.91 Å². The number of amides is 3. The average molecular weight is 649 g/mol. The molecular formula is C33H37N4O6PS. The molecule has 3 amide bonds. The van der Waals surface area contributed by atoms with Crippen molar-refractivity contribution in [3.8, 4) is 6.07 Å². The van der Waals surface area contributed by atoms with Crippen LogP contribution in [0.4, 0.5) is 0 Å². The summed E-state index contributed by atoms with van der Waals surface area (Å²) in [5.74, 6) is -1.29. The summed E-state index contributed by atoms with van der Waals surface area (Å²) in [5, 5.41) is 13.5. The van der Waals surface area contributed by atoms with E-state index in [1.165, 1.54) is 11.3 Å². The number of benzene rings is 2. The minimum atomic E-state index is -4.21. The second-order valence-electron chi connectivity index (χ2n) is 12.5. The first-order valence-corrected chi connectivity index (χ1v) is 18.1. The Bertz CT molecular complexity index is 1680. The topological polar surface area (TPSA) is 151 Å². The van der Waals surface area contributed by atoms with E-state index in [9.17, 15) is 34.0 Å². The Morgan fingerprint density at radius 1 is 1.02 bits per heavy atom. The fourth-order valence-electron chi connectivity index (χ4n) is 7.24. The van der Waals surface area contributed by atoms with Crippen molar-refractivity contribution >= 4 is 46.7 Å². The van der Waals surface area contributed by atoms with Crippen molar-refractivity contribution < 1.29 is 28.7 Å². The number of rotatable bonds is 7. The number of carbonyl (C=O) groups is 3. The van der Waals surface area contributed by atoms with Crippen molar-refractivity contribution in [2.45, 2.75) is 62.7 Å². The first kappa shape index (κ1) is 31.4. The number of fused-ring (bicyclic) bond motifs is 2. The van der Waals surface area contributed by atoms with Crippen molar-refractivity contribution in [2.75, 3.05) is 19.6 Å². The summed E-state index contributed by atoms with van der Waals surface area (Å²) in [6, 6.07) is 18.5. The van der Waals surface area contributed by atoms with E-state index in [0.717, 1.165) is 41.3 Å². The van der Waals surface area contributed by atoms with E-state index in [2.05, 4.69) is 11.4 Å². The Morgan fingerprint density at radius 3 is 2.56 bits per heavy atom. The van der Waals surface area contributed by atoms with Crippen LogP contribution in [-0.4, -0.2) is 69.0 Å². The summed E-state index contributed by atoms with van der Waals surface area (Å²) in [5.41, 5.74) is 1.54. The van der Waals surface area contributed by atoms with E-state index in [0.29, 0.717) is 36.4 Å². The highest BCUT2D eigenvalue weighted by Crippen LogP contribution is 2.40. The number of nitrogens with zero attached hydrogens (tertiary/aromatic N) is 3. The van der Waals surface area contributed by atoms with Crippen LogP contribution in [0.1, 0.15) is 65.2 Å². The van der Waals surface area contributed by atoms with Gasteiger partial charge in [-0.1, -0.05) is 49.2 Å². The van der Waals surface area contributed by atoms with Gasteiger partial charge in [0.15, 0.2) is 0 Å². The molecule has 236 valence electrons. The quantitative estimate of drug-likeness (QED) is 0.316. The SMILES string of the molecule is N#C[C@@H]1CN(C(=O)[C@@H]2CC[C@@H]3CCCCC(CNC(=O)c4cc5cc(CP(=O)(O)O)ccc5s4)C(=O)N32)C[C@H]1c1ccccc1. The maximum absolute atomic E-state index is 14.0. The Kier molecular flexibility index (Phi) is 9.12. The van der Waals surface area contributed by atoms with Crippen LogP contribution in [-0.2, 0) is 20.3 Å². The fraction of sp³-hybridized carbons (Fsp3) is 0.455. The normalized spacial score (nSPS) is 25.4. The lowest BCUT2D eigenvalue weighted by Gasteiger charge is -2.36. The second kappa shape index (κ2) is 13.1. The van der Waals surface area contributed by atoms with Crippen molar-refractivity contribution in [1.82, 2.24) is 15.1 Å². The van der Waals surface area contributed by atoms with Gasteiger partial charge in [-0.05, 0) is 60.4 Å². The van der Waals surface area contributed by atoms with Gasteiger partial charge in [0.2, 0.25) is 11.8 Å². The Hall–Kier alpha value is -3.55. The molecule has 3 aliphatic heterocycles. The molecule has 0 bridgehead atoms. The van der Waals surface area contributed by atoms with Crippen molar-refractivity contribution in [3.05, 3.63) is 70.6 Å². The number of thiophene rings is 1. The van der Waals surface area contributed by atoms with E-state index in [1.807, 2.05) is 30.3 Å². The summed E-state index contributed by atoms with van der Waals surface area (Å²) >= 11 is 1.29. The minimum absolute atomic E-state index is 0.00539. The predicted molar refractivity (Wildman–Crippen MR) is 170 cm³/mol. The molecule has 3 aromatic rings. The summed E-state index contributed by atoms with van der Waals surface area (Å²) in [7, 11) is -4.21. The second-order valence-corrected chi connectivity index (χ2v) is 15.2. The monoisotopic (exact) mass is 648 g/mol. The molecule has 2 aromatic carbocycles. The third-order valence-electron chi connectivity index (χ3n) is 9.46. The molecule has 12 heteroatoms. The number of hydrogen-bond donors (Lipinski definition) is 3. The smallest absolute Gasteiger partial charge is 0.329 e. The zero-order valence-corrected chi connectivity index (χ0v) is 26.6. The zero-order chi connectivity index (χ0) is 31.7. The third kappa shape index (κ3) is 6.85. The highest BCUT2D eigenvalue weighted by molar-refractivity contribution is 7.50. The van der Waals surface area contributed by atoms with Crippen molar-refractivity contribution in [2.24, 2.45) is 11.8 Å². The molecule has 5 atom stereocenters. The number of nitriles is 1. The van der Waals surface area contributed by atoms with Crippen LogP contribution in [0.2, 0.25) is 0 Å². The maximum Gasteiger partial charge on any atom is 0.329 e. The maximum atomic E-state index is 14.0. The van der Waals surface area contributed by atoms with Crippen LogP contribution in [0, 0.1) is 23.2 Å². The molecule has 6 rings (SSSR count). The van der Waals surface area contributed by atoms with E-state index in [-0.39, 0.29) is 48.3 Å². The zero-order valence-electron chi connectivity index (χ0n) is 24.9. The average Bonchev–Trinajstić information content (AvgIpc) is 3.75. The molecule has 3 fully saturated rings. The lowest BCUT2D eigenvalue weighted by molar-refractivity contribution is -0.148. The molecule has 0 saturated carbocycles. The molecule has 1 unspecified atom stereocenters. The molecule has 0 radical (unpaired) electrons. The minimum Gasteiger partial charge on any atom is -0.351 e.